The Labute approximate surface area is 116 Å². The number of aromatic nitrogens is 2. The maximum atomic E-state index is 12.5. The van der Waals surface area contributed by atoms with Crippen molar-refractivity contribution in [2.24, 2.45) is 5.92 Å². The third kappa shape index (κ3) is 3.04. The third-order valence-corrected chi connectivity index (χ3v) is 3.73. The molecule has 1 saturated heterocycles. The van der Waals surface area contributed by atoms with E-state index in [-0.39, 0.29) is 11.1 Å². The summed E-state index contributed by atoms with van der Waals surface area (Å²) in [5.41, 5.74) is 0.332. The van der Waals surface area contributed by atoms with Gasteiger partial charge in [-0.1, -0.05) is 11.6 Å². The molecule has 1 amide bonds. The van der Waals surface area contributed by atoms with Gasteiger partial charge in [0, 0.05) is 25.1 Å². The fraction of sp³-hybridized carbons (Fsp3) is 0.615. The molecule has 1 aromatic rings. The van der Waals surface area contributed by atoms with Gasteiger partial charge in [-0.3, -0.25) is 9.78 Å². The summed E-state index contributed by atoms with van der Waals surface area (Å²) in [4.78, 5) is 22.4. The van der Waals surface area contributed by atoms with Gasteiger partial charge in [-0.2, -0.15) is 0 Å². The molecular formula is C13H16ClN3O2. The number of ether oxygens (including phenoxy) is 1. The molecule has 2 fully saturated rings. The van der Waals surface area contributed by atoms with E-state index in [1.54, 1.807) is 0 Å². The molecule has 3 rings (SSSR count). The lowest BCUT2D eigenvalue weighted by atomic mass is 10.1. The molecule has 0 aromatic carbocycles. The first-order valence-corrected chi connectivity index (χ1v) is 6.98. The minimum absolute atomic E-state index is 0.0654. The Morgan fingerprint density at radius 2 is 2.26 bits per heavy atom. The summed E-state index contributed by atoms with van der Waals surface area (Å²) in [6, 6.07) is 0.355. The molecule has 1 aromatic heterocycles. The van der Waals surface area contributed by atoms with Crippen LogP contribution in [-0.2, 0) is 4.74 Å². The van der Waals surface area contributed by atoms with Gasteiger partial charge in [-0.25, -0.2) is 4.98 Å². The molecule has 0 radical (unpaired) electrons. The van der Waals surface area contributed by atoms with Crippen molar-refractivity contribution in [2.75, 3.05) is 19.8 Å². The molecule has 1 saturated carbocycles. The van der Waals surface area contributed by atoms with Gasteiger partial charge in [0.1, 0.15) is 10.8 Å². The average molecular weight is 282 g/mol. The molecule has 1 aliphatic heterocycles. The molecule has 0 spiro atoms. The monoisotopic (exact) mass is 281 g/mol. The zero-order chi connectivity index (χ0) is 13.2. The highest BCUT2D eigenvalue weighted by Gasteiger charge is 2.35. The highest BCUT2D eigenvalue weighted by molar-refractivity contribution is 6.29. The minimum atomic E-state index is -0.0654. The Kier molecular flexibility index (Phi) is 3.66. The van der Waals surface area contributed by atoms with E-state index in [9.17, 15) is 4.79 Å². The van der Waals surface area contributed by atoms with Crippen LogP contribution >= 0.6 is 11.6 Å². The molecule has 5 nitrogen and oxygen atoms in total. The lowest BCUT2D eigenvalue weighted by Crippen LogP contribution is -2.38. The third-order valence-electron chi connectivity index (χ3n) is 3.55. The normalized spacial score (nSPS) is 22.5. The Morgan fingerprint density at radius 1 is 1.42 bits per heavy atom. The van der Waals surface area contributed by atoms with Crippen LogP contribution in [0, 0.1) is 5.92 Å². The molecule has 19 heavy (non-hydrogen) atoms. The lowest BCUT2D eigenvalue weighted by Gasteiger charge is -2.24. The summed E-state index contributed by atoms with van der Waals surface area (Å²) in [5, 5.41) is 0.255. The summed E-state index contributed by atoms with van der Waals surface area (Å²) < 4.78 is 5.38. The van der Waals surface area contributed by atoms with Crippen LogP contribution in [0.25, 0.3) is 0 Å². The van der Waals surface area contributed by atoms with Crippen molar-refractivity contribution in [1.82, 2.24) is 14.9 Å². The molecule has 2 heterocycles. The van der Waals surface area contributed by atoms with Crippen LogP contribution in [0.2, 0.25) is 5.15 Å². The van der Waals surface area contributed by atoms with E-state index in [4.69, 9.17) is 16.3 Å². The van der Waals surface area contributed by atoms with Gasteiger partial charge in [0.2, 0.25) is 0 Å². The molecule has 6 heteroatoms. The van der Waals surface area contributed by atoms with E-state index < -0.39 is 0 Å². The van der Waals surface area contributed by atoms with Crippen molar-refractivity contribution < 1.29 is 9.53 Å². The molecular weight excluding hydrogens is 266 g/mol. The zero-order valence-electron chi connectivity index (χ0n) is 10.6. The second-order valence-electron chi connectivity index (χ2n) is 5.15. The SMILES string of the molecule is O=C(c1cncc(Cl)n1)N(CC1CCOC1)C1CC1. The number of carbonyl (C=O) groups excluding carboxylic acids is 1. The van der Waals surface area contributed by atoms with Gasteiger partial charge in [0.05, 0.1) is 19.0 Å². The zero-order valence-corrected chi connectivity index (χ0v) is 11.3. The Balaban J connectivity index is 1.73. The number of nitrogens with zero attached hydrogens (tertiary/aromatic N) is 3. The molecule has 1 atom stereocenters. The quantitative estimate of drug-likeness (QED) is 0.844. The first-order chi connectivity index (χ1) is 9.24. The van der Waals surface area contributed by atoms with E-state index in [0.717, 1.165) is 39.0 Å². The molecule has 2 aliphatic rings. The van der Waals surface area contributed by atoms with Gasteiger partial charge in [0.25, 0.3) is 5.91 Å². The average Bonchev–Trinajstić information content (AvgIpc) is 3.12. The summed E-state index contributed by atoms with van der Waals surface area (Å²) in [7, 11) is 0. The van der Waals surface area contributed by atoms with Crippen LogP contribution in [0.5, 0.6) is 0 Å². The van der Waals surface area contributed by atoms with Crippen LogP contribution in [-0.4, -0.2) is 46.6 Å². The Morgan fingerprint density at radius 3 is 2.89 bits per heavy atom. The maximum absolute atomic E-state index is 12.5. The molecule has 1 unspecified atom stereocenters. The number of halogens is 1. The van der Waals surface area contributed by atoms with Crippen molar-refractivity contribution in [1.29, 1.82) is 0 Å². The maximum Gasteiger partial charge on any atom is 0.274 e. The number of carbonyl (C=O) groups is 1. The van der Waals surface area contributed by atoms with Crippen LogP contribution in [0.3, 0.4) is 0 Å². The van der Waals surface area contributed by atoms with Crippen molar-refractivity contribution in [2.45, 2.75) is 25.3 Å². The Bertz CT molecular complexity index is 473. The fourth-order valence-electron chi connectivity index (χ4n) is 2.38. The fourth-order valence-corrected chi connectivity index (χ4v) is 2.53. The van der Waals surface area contributed by atoms with Crippen LogP contribution in [0.4, 0.5) is 0 Å². The van der Waals surface area contributed by atoms with E-state index >= 15 is 0 Å². The molecule has 0 bridgehead atoms. The Hall–Kier alpha value is -1.20. The van der Waals surface area contributed by atoms with Gasteiger partial charge in [0.15, 0.2) is 0 Å². The summed E-state index contributed by atoms with van der Waals surface area (Å²) in [6.45, 7) is 2.30. The van der Waals surface area contributed by atoms with Crippen LogP contribution in [0.15, 0.2) is 12.4 Å². The standard InChI is InChI=1S/C13H16ClN3O2/c14-12-6-15-5-11(16-12)13(18)17(10-1-2-10)7-9-3-4-19-8-9/h5-6,9-10H,1-4,7-8H2. The second-order valence-corrected chi connectivity index (χ2v) is 5.53. The van der Waals surface area contributed by atoms with Gasteiger partial charge in [-0.15, -0.1) is 0 Å². The summed E-state index contributed by atoms with van der Waals surface area (Å²) in [6.07, 6.45) is 6.09. The first-order valence-electron chi connectivity index (χ1n) is 6.60. The van der Waals surface area contributed by atoms with Crippen molar-refractivity contribution in [3.8, 4) is 0 Å². The van der Waals surface area contributed by atoms with Crippen molar-refractivity contribution >= 4 is 17.5 Å². The topological polar surface area (TPSA) is 55.3 Å². The van der Waals surface area contributed by atoms with Crippen molar-refractivity contribution in [3.05, 3.63) is 23.2 Å². The predicted octanol–water partition coefficient (Wildman–Crippen LogP) is 1.77. The summed E-state index contributed by atoms with van der Waals surface area (Å²) in [5.74, 6) is 0.376. The largest absolute Gasteiger partial charge is 0.381 e. The molecule has 0 N–H and O–H groups in total. The number of amides is 1. The van der Waals surface area contributed by atoms with Gasteiger partial charge in [-0.05, 0) is 19.3 Å². The van der Waals surface area contributed by atoms with Gasteiger partial charge >= 0.3 is 0 Å². The van der Waals surface area contributed by atoms with Crippen LogP contribution in [0.1, 0.15) is 29.8 Å². The van der Waals surface area contributed by atoms with E-state index in [0.29, 0.717) is 17.7 Å². The van der Waals surface area contributed by atoms with E-state index in [1.165, 1.54) is 12.4 Å². The second kappa shape index (κ2) is 5.43. The smallest absolute Gasteiger partial charge is 0.274 e. The lowest BCUT2D eigenvalue weighted by molar-refractivity contribution is 0.0700. The van der Waals surface area contributed by atoms with Gasteiger partial charge < -0.3 is 9.64 Å². The van der Waals surface area contributed by atoms with E-state index in [1.807, 2.05) is 4.90 Å². The minimum Gasteiger partial charge on any atom is -0.381 e. The van der Waals surface area contributed by atoms with E-state index in [2.05, 4.69) is 9.97 Å². The highest BCUT2D eigenvalue weighted by Crippen LogP contribution is 2.30. The highest BCUT2D eigenvalue weighted by atomic mass is 35.5. The number of rotatable bonds is 4. The number of hydrogen-bond donors (Lipinski definition) is 0. The number of hydrogen-bond acceptors (Lipinski definition) is 4. The molecule has 102 valence electrons. The van der Waals surface area contributed by atoms with Crippen LogP contribution < -0.4 is 0 Å². The first kappa shape index (κ1) is 12.8. The summed E-state index contributed by atoms with van der Waals surface area (Å²) >= 11 is 5.79. The van der Waals surface area contributed by atoms with Crippen molar-refractivity contribution in [3.63, 3.8) is 0 Å². The molecule has 1 aliphatic carbocycles. The predicted molar refractivity (Wildman–Crippen MR) is 70.0 cm³/mol.